The van der Waals surface area contributed by atoms with Gasteiger partial charge >= 0.3 is 0 Å². The van der Waals surface area contributed by atoms with E-state index >= 15 is 0 Å². The van der Waals surface area contributed by atoms with Gasteiger partial charge in [-0.3, -0.25) is 0 Å². The van der Waals surface area contributed by atoms with E-state index in [-0.39, 0.29) is 5.92 Å². The summed E-state index contributed by atoms with van der Waals surface area (Å²) in [6.45, 7) is 6.04. The van der Waals surface area contributed by atoms with Crippen molar-refractivity contribution in [2.75, 3.05) is 0 Å². The standard InChI is InChI=1S/C12H16FP/c1-7-4-8(2)11-10(5-7)6-9(3)12(11,13)14/h4-5,9H,6,14H2,1-3H3. The van der Waals surface area contributed by atoms with Crippen molar-refractivity contribution in [1.82, 2.24) is 0 Å². The normalized spacial score (nSPS) is 30.5. The molecule has 3 atom stereocenters. The van der Waals surface area contributed by atoms with E-state index in [9.17, 15) is 4.39 Å². The number of alkyl halides is 1. The minimum absolute atomic E-state index is 0.0722. The van der Waals surface area contributed by atoms with E-state index in [0.717, 1.165) is 17.5 Å². The van der Waals surface area contributed by atoms with Crippen LogP contribution in [0.15, 0.2) is 12.1 Å². The molecule has 0 nitrogen and oxygen atoms in total. The molecule has 3 unspecified atom stereocenters. The van der Waals surface area contributed by atoms with E-state index in [2.05, 4.69) is 28.3 Å². The fraction of sp³-hybridized carbons (Fsp3) is 0.500. The Morgan fingerprint density at radius 2 is 2.07 bits per heavy atom. The largest absolute Gasteiger partial charge is 0.234 e. The third-order valence-corrected chi connectivity index (χ3v) is 4.05. The third-order valence-electron chi connectivity index (χ3n) is 3.19. The minimum atomic E-state index is -1.22. The van der Waals surface area contributed by atoms with E-state index in [1.165, 1.54) is 11.1 Å². The van der Waals surface area contributed by atoms with Gasteiger partial charge in [0, 0.05) is 5.92 Å². The van der Waals surface area contributed by atoms with Crippen LogP contribution in [-0.2, 0) is 11.8 Å². The summed E-state index contributed by atoms with van der Waals surface area (Å²) in [5, 5.41) is -1.22. The average molecular weight is 210 g/mol. The molecule has 0 radical (unpaired) electrons. The van der Waals surface area contributed by atoms with Crippen LogP contribution in [-0.4, -0.2) is 0 Å². The maximum atomic E-state index is 14.4. The van der Waals surface area contributed by atoms with Crippen LogP contribution in [0.4, 0.5) is 4.39 Å². The maximum Gasteiger partial charge on any atom is 0.151 e. The molecule has 0 saturated heterocycles. The van der Waals surface area contributed by atoms with Crippen molar-refractivity contribution in [3.8, 4) is 0 Å². The lowest BCUT2D eigenvalue weighted by molar-refractivity contribution is 0.221. The highest BCUT2D eigenvalue weighted by Gasteiger charge is 2.42. The van der Waals surface area contributed by atoms with Crippen LogP contribution in [0.25, 0.3) is 0 Å². The molecule has 0 amide bonds. The van der Waals surface area contributed by atoms with Crippen LogP contribution in [0.1, 0.15) is 29.2 Å². The predicted octanol–water partition coefficient (Wildman–Crippen LogP) is 3.49. The van der Waals surface area contributed by atoms with E-state index < -0.39 is 5.41 Å². The second-order valence-electron chi connectivity index (χ2n) is 4.49. The van der Waals surface area contributed by atoms with Gasteiger partial charge in [-0.25, -0.2) is 4.39 Å². The second kappa shape index (κ2) is 3.03. The molecule has 0 N–H and O–H groups in total. The SMILES string of the molecule is Cc1cc(C)c2c(c1)CC(C)C2(F)P. The molecule has 0 saturated carbocycles. The number of fused-ring (bicyclic) bond motifs is 1. The molecule has 14 heavy (non-hydrogen) atoms. The summed E-state index contributed by atoms with van der Waals surface area (Å²) in [6, 6.07) is 4.18. The Morgan fingerprint density at radius 3 is 2.71 bits per heavy atom. The van der Waals surface area contributed by atoms with Crippen molar-refractivity contribution in [3.05, 3.63) is 34.4 Å². The first kappa shape index (κ1) is 10.1. The lowest BCUT2D eigenvalue weighted by Gasteiger charge is -2.21. The molecule has 1 aliphatic carbocycles. The van der Waals surface area contributed by atoms with Crippen LogP contribution in [0, 0.1) is 19.8 Å². The molecule has 0 heterocycles. The topological polar surface area (TPSA) is 0 Å². The fourth-order valence-electron chi connectivity index (χ4n) is 2.49. The summed E-state index contributed by atoms with van der Waals surface area (Å²) in [5.41, 5.74) is 4.41. The summed E-state index contributed by atoms with van der Waals surface area (Å²) in [5.74, 6) is 0.0722. The van der Waals surface area contributed by atoms with E-state index in [0.29, 0.717) is 0 Å². The first-order chi connectivity index (χ1) is 6.43. The average Bonchev–Trinajstić information content (AvgIpc) is 2.21. The van der Waals surface area contributed by atoms with Crippen molar-refractivity contribution in [3.63, 3.8) is 0 Å². The summed E-state index contributed by atoms with van der Waals surface area (Å²) >= 11 is 0. The van der Waals surface area contributed by atoms with E-state index in [1.54, 1.807) is 0 Å². The first-order valence-corrected chi connectivity index (χ1v) is 5.59. The molecule has 0 aromatic heterocycles. The van der Waals surface area contributed by atoms with Crippen LogP contribution < -0.4 is 0 Å². The zero-order valence-corrected chi connectivity index (χ0v) is 10.0. The van der Waals surface area contributed by atoms with Crippen LogP contribution in [0.2, 0.25) is 0 Å². The van der Waals surface area contributed by atoms with Gasteiger partial charge in [-0.15, -0.1) is 0 Å². The van der Waals surface area contributed by atoms with Crippen LogP contribution in [0.5, 0.6) is 0 Å². The maximum absolute atomic E-state index is 14.4. The summed E-state index contributed by atoms with van der Waals surface area (Å²) in [4.78, 5) is 0. The van der Waals surface area contributed by atoms with Gasteiger partial charge in [0.1, 0.15) is 0 Å². The zero-order chi connectivity index (χ0) is 10.5. The Labute approximate surface area is 87.1 Å². The van der Waals surface area contributed by atoms with Gasteiger partial charge in [0.05, 0.1) is 0 Å². The smallest absolute Gasteiger partial charge is 0.151 e. The predicted molar refractivity (Wildman–Crippen MR) is 61.3 cm³/mol. The minimum Gasteiger partial charge on any atom is -0.234 e. The van der Waals surface area contributed by atoms with Gasteiger partial charge in [-0.2, -0.15) is 0 Å². The van der Waals surface area contributed by atoms with Gasteiger partial charge in [-0.1, -0.05) is 33.9 Å². The molecule has 1 aromatic rings. The lowest BCUT2D eigenvalue weighted by atomic mass is 10.00. The number of rotatable bonds is 0. The van der Waals surface area contributed by atoms with Crippen molar-refractivity contribution < 1.29 is 4.39 Å². The third kappa shape index (κ3) is 1.30. The summed E-state index contributed by atoms with van der Waals surface area (Å²) in [6.07, 6.45) is 0.859. The molecule has 1 aromatic carbocycles. The van der Waals surface area contributed by atoms with Gasteiger partial charge in [-0.05, 0) is 37.0 Å². The summed E-state index contributed by atoms with van der Waals surface area (Å²) < 4.78 is 14.4. The quantitative estimate of drug-likeness (QED) is 0.575. The zero-order valence-electron chi connectivity index (χ0n) is 8.89. The molecular weight excluding hydrogens is 194 g/mol. The molecule has 2 heteroatoms. The highest BCUT2D eigenvalue weighted by Crippen LogP contribution is 2.50. The fourth-order valence-corrected chi connectivity index (χ4v) is 3.02. The highest BCUT2D eigenvalue weighted by atomic mass is 31.0. The lowest BCUT2D eigenvalue weighted by Crippen LogP contribution is -2.16. The molecule has 0 aliphatic heterocycles. The number of halogens is 1. The van der Waals surface area contributed by atoms with Gasteiger partial charge in [0.2, 0.25) is 0 Å². The monoisotopic (exact) mass is 210 g/mol. The Kier molecular flexibility index (Phi) is 2.19. The molecule has 2 rings (SSSR count). The van der Waals surface area contributed by atoms with Crippen LogP contribution in [0.3, 0.4) is 0 Å². The van der Waals surface area contributed by atoms with Crippen molar-refractivity contribution >= 4 is 9.24 Å². The first-order valence-electron chi connectivity index (χ1n) is 5.01. The molecule has 76 valence electrons. The van der Waals surface area contributed by atoms with Gasteiger partial charge < -0.3 is 0 Å². The Bertz CT molecular complexity index is 382. The Balaban J connectivity index is 2.65. The Hall–Kier alpha value is -0.420. The molecular formula is C12H16FP. The number of aryl methyl sites for hydroxylation is 2. The Morgan fingerprint density at radius 1 is 1.43 bits per heavy atom. The van der Waals surface area contributed by atoms with Gasteiger partial charge in [0.15, 0.2) is 5.41 Å². The molecule has 0 bridgehead atoms. The molecule has 0 fully saturated rings. The molecule has 0 spiro atoms. The van der Waals surface area contributed by atoms with E-state index in [1.807, 2.05) is 13.8 Å². The number of hydrogen-bond acceptors (Lipinski definition) is 0. The highest BCUT2D eigenvalue weighted by molar-refractivity contribution is 7.18. The van der Waals surface area contributed by atoms with Crippen molar-refractivity contribution in [1.29, 1.82) is 0 Å². The van der Waals surface area contributed by atoms with Gasteiger partial charge in [0.25, 0.3) is 0 Å². The molecule has 1 aliphatic rings. The number of benzene rings is 1. The van der Waals surface area contributed by atoms with Crippen molar-refractivity contribution in [2.45, 2.75) is 32.6 Å². The second-order valence-corrected chi connectivity index (χ2v) is 5.33. The van der Waals surface area contributed by atoms with Crippen molar-refractivity contribution in [2.24, 2.45) is 5.92 Å². The van der Waals surface area contributed by atoms with E-state index in [4.69, 9.17) is 0 Å². The number of hydrogen-bond donors (Lipinski definition) is 0. The van der Waals surface area contributed by atoms with Crippen LogP contribution >= 0.6 is 9.24 Å². The summed E-state index contributed by atoms with van der Waals surface area (Å²) in [7, 11) is 2.38.